The van der Waals surface area contributed by atoms with Gasteiger partial charge in [0.15, 0.2) is 0 Å². The zero-order chi connectivity index (χ0) is 18.4. The van der Waals surface area contributed by atoms with Crippen LogP contribution < -0.4 is 16.0 Å². The van der Waals surface area contributed by atoms with E-state index in [0.29, 0.717) is 18.7 Å². The van der Waals surface area contributed by atoms with Gasteiger partial charge >= 0.3 is 0 Å². The molecular formula is C21H22ClN3O2. The molecule has 0 saturated heterocycles. The summed E-state index contributed by atoms with van der Waals surface area (Å²) >= 11 is 0. The van der Waals surface area contributed by atoms with Crippen LogP contribution in [0.3, 0.4) is 0 Å². The van der Waals surface area contributed by atoms with E-state index in [1.165, 1.54) is 0 Å². The van der Waals surface area contributed by atoms with Gasteiger partial charge in [0, 0.05) is 6.20 Å². The highest BCUT2D eigenvalue weighted by atomic mass is 35.5. The Hall–Kier alpha value is -3.05. The van der Waals surface area contributed by atoms with Crippen LogP contribution in [0.2, 0.25) is 0 Å². The summed E-state index contributed by atoms with van der Waals surface area (Å²) in [7, 11) is 1.63. The number of pyridine rings is 1. The number of ether oxygens (including phenoxy) is 1. The van der Waals surface area contributed by atoms with E-state index in [4.69, 9.17) is 10.5 Å². The highest BCUT2D eigenvalue weighted by Gasteiger charge is 2.08. The number of hydrogen-bond acceptors (Lipinski definition) is 3. The molecule has 1 aromatic heterocycles. The molecule has 27 heavy (non-hydrogen) atoms. The van der Waals surface area contributed by atoms with Crippen molar-refractivity contribution in [2.45, 2.75) is 13.1 Å². The Morgan fingerprint density at radius 1 is 1.00 bits per heavy atom. The van der Waals surface area contributed by atoms with Gasteiger partial charge in [0.25, 0.3) is 5.56 Å². The molecule has 5 nitrogen and oxygen atoms in total. The van der Waals surface area contributed by atoms with E-state index >= 15 is 0 Å². The zero-order valence-corrected chi connectivity index (χ0v) is 15.9. The molecule has 0 amide bonds. The molecule has 3 rings (SSSR count). The molecule has 0 atom stereocenters. The first kappa shape index (κ1) is 20.3. The topological polar surface area (TPSA) is 69.6 Å². The first-order valence-corrected chi connectivity index (χ1v) is 8.34. The predicted molar refractivity (Wildman–Crippen MR) is 111 cm³/mol. The van der Waals surface area contributed by atoms with Gasteiger partial charge in [0.2, 0.25) is 0 Å². The summed E-state index contributed by atoms with van der Waals surface area (Å²) in [4.78, 5) is 17.1. The Labute approximate surface area is 164 Å². The van der Waals surface area contributed by atoms with E-state index in [2.05, 4.69) is 4.99 Å². The van der Waals surface area contributed by atoms with Crippen molar-refractivity contribution in [3.8, 4) is 5.75 Å². The predicted octanol–water partition coefficient (Wildman–Crippen LogP) is 3.23. The van der Waals surface area contributed by atoms with Gasteiger partial charge in [-0.05, 0) is 35.4 Å². The van der Waals surface area contributed by atoms with Crippen LogP contribution in [0.5, 0.6) is 5.75 Å². The van der Waals surface area contributed by atoms with E-state index in [1.54, 1.807) is 23.9 Å². The maximum Gasteiger partial charge on any atom is 0.261 e. The molecule has 0 bridgehead atoms. The normalized spacial score (nSPS) is 10.9. The molecule has 0 spiro atoms. The molecule has 6 heteroatoms. The average molecular weight is 384 g/mol. The Morgan fingerprint density at radius 2 is 1.70 bits per heavy atom. The lowest BCUT2D eigenvalue weighted by Crippen LogP contribution is -2.30. The summed E-state index contributed by atoms with van der Waals surface area (Å²) in [6.45, 7) is 0.905. The Morgan fingerprint density at radius 3 is 2.37 bits per heavy atom. The smallest absolute Gasteiger partial charge is 0.261 e. The van der Waals surface area contributed by atoms with Crippen LogP contribution >= 0.6 is 12.4 Å². The van der Waals surface area contributed by atoms with Crippen LogP contribution in [0.25, 0.3) is 0 Å². The zero-order valence-electron chi connectivity index (χ0n) is 15.0. The number of hydrogen-bond donors (Lipinski definition) is 1. The molecule has 0 aliphatic heterocycles. The maximum absolute atomic E-state index is 12.7. The van der Waals surface area contributed by atoms with E-state index in [-0.39, 0.29) is 23.8 Å². The molecule has 0 unspecified atom stereocenters. The number of rotatable bonds is 6. The van der Waals surface area contributed by atoms with E-state index in [0.717, 1.165) is 16.9 Å². The molecule has 0 fully saturated rings. The number of benzene rings is 2. The first-order valence-electron chi connectivity index (χ1n) is 8.34. The minimum atomic E-state index is -0.155. The lowest BCUT2D eigenvalue weighted by atomic mass is 10.2. The number of nitrogens with two attached hydrogens (primary N) is 1. The molecule has 0 saturated carbocycles. The summed E-state index contributed by atoms with van der Waals surface area (Å²) < 4.78 is 6.78. The van der Waals surface area contributed by atoms with E-state index in [1.807, 2.05) is 60.7 Å². The molecule has 3 aromatic rings. The average Bonchev–Trinajstić information content (AvgIpc) is 2.69. The first-order chi connectivity index (χ1) is 12.7. The monoisotopic (exact) mass is 383 g/mol. The molecule has 1 heterocycles. The minimum Gasteiger partial charge on any atom is -0.497 e. The van der Waals surface area contributed by atoms with Crippen LogP contribution in [0.15, 0.2) is 82.7 Å². The lowest BCUT2D eigenvalue weighted by molar-refractivity contribution is 0.414. The van der Waals surface area contributed by atoms with Crippen molar-refractivity contribution in [1.82, 2.24) is 4.57 Å². The molecule has 140 valence electrons. The number of amidine groups is 1. The van der Waals surface area contributed by atoms with Gasteiger partial charge in [-0.1, -0.05) is 42.5 Å². The number of methoxy groups -OCH3 is 1. The van der Waals surface area contributed by atoms with E-state index in [9.17, 15) is 4.79 Å². The van der Waals surface area contributed by atoms with Crippen LogP contribution in [-0.2, 0) is 13.1 Å². The third kappa shape index (κ3) is 5.21. The largest absolute Gasteiger partial charge is 0.497 e. The summed E-state index contributed by atoms with van der Waals surface area (Å²) in [5, 5.41) is 0. The fraction of sp³-hybridized carbons (Fsp3) is 0.143. The van der Waals surface area contributed by atoms with Crippen molar-refractivity contribution in [2.75, 3.05) is 7.11 Å². The second-order valence-electron chi connectivity index (χ2n) is 5.89. The molecule has 0 aliphatic carbocycles. The fourth-order valence-electron chi connectivity index (χ4n) is 2.63. The fourth-order valence-corrected chi connectivity index (χ4v) is 2.63. The van der Waals surface area contributed by atoms with Crippen molar-refractivity contribution in [3.63, 3.8) is 0 Å². The van der Waals surface area contributed by atoms with Gasteiger partial charge in [-0.2, -0.15) is 0 Å². The minimum absolute atomic E-state index is 0. The van der Waals surface area contributed by atoms with Gasteiger partial charge in [0.1, 0.15) is 11.6 Å². The maximum atomic E-state index is 12.7. The summed E-state index contributed by atoms with van der Waals surface area (Å²) in [5.74, 6) is 1.04. The van der Waals surface area contributed by atoms with Gasteiger partial charge in [-0.15, -0.1) is 12.4 Å². The number of nitrogens with zero attached hydrogens (tertiary/aromatic N) is 2. The Kier molecular flexibility index (Phi) is 7.20. The highest BCUT2D eigenvalue weighted by molar-refractivity contribution is 5.97. The standard InChI is InChI=1S/C21H21N3O2.ClH/c1-26-18-11-9-17(10-12-18)15-24-13-5-8-19(21(24)25)20(22)23-14-16-6-3-2-4-7-16;/h2-13H,14-15H2,1H3,(H2,22,23);1H. The summed E-state index contributed by atoms with van der Waals surface area (Å²) in [5.41, 5.74) is 8.37. The van der Waals surface area contributed by atoms with Crippen molar-refractivity contribution < 1.29 is 4.74 Å². The second kappa shape index (κ2) is 9.59. The second-order valence-corrected chi connectivity index (χ2v) is 5.89. The molecule has 2 N–H and O–H groups in total. The molecular weight excluding hydrogens is 362 g/mol. The molecule has 0 aliphatic rings. The summed E-state index contributed by atoms with van der Waals surface area (Å²) in [6.07, 6.45) is 1.75. The van der Waals surface area contributed by atoms with Crippen molar-refractivity contribution in [3.05, 3.63) is 100.0 Å². The Balaban J connectivity index is 0.00000261. The van der Waals surface area contributed by atoms with Crippen LogP contribution in [0, 0.1) is 0 Å². The number of halogens is 1. The van der Waals surface area contributed by atoms with Gasteiger partial charge in [-0.3, -0.25) is 9.79 Å². The van der Waals surface area contributed by atoms with Gasteiger partial charge < -0.3 is 15.0 Å². The molecule has 0 radical (unpaired) electrons. The highest BCUT2D eigenvalue weighted by Crippen LogP contribution is 2.12. The van der Waals surface area contributed by atoms with Crippen molar-refractivity contribution in [2.24, 2.45) is 10.7 Å². The lowest BCUT2D eigenvalue weighted by Gasteiger charge is -2.09. The van der Waals surface area contributed by atoms with Crippen molar-refractivity contribution >= 4 is 18.2 Å². The summed E-state index contributed by atoms with van der Waals surface area (Å²) in [6, 6.07) is 20.9. The molecule has 2 aromatic carbocycles. The van der Waals surface area contributed by atoms with E-state index < -0.39 is 0 Å². The van der Waals surface area contributed by atoms with Crippen LogP contribution in [0.1, 0.15) is 16.7 Å². The third-order valence-corrected chi connectivity index (χ3v) is 4.08. The number of aromatic nitrogens is 1. The number of aliphatic imine (C=N–C) groups is 1. The van der Waals surface area contributed by atoms with Crippen LogP contribution in [-0.4, -0.2) is 17.5 Å². The Bertz CT molecular complexity index is 951. The van der Waals surface area contributed by atoms with Gasteiger partial charge in [0.05, 0.1) is 25.8 Å². The van der Waals surface area contributed by atoms with Crippen molar-refractivity contribution in [1.29, 1.82) is 0 Å². The quantitative estimate of drug-likeness (QED) is 0.524. The van der Waals surface area contributed by atoms with Gasteiger partial charge in [-0.25, -0.2) is 0 Å². The third-order valence-electron chi connectivity index (χ3n) is 4.08. The SMILES string of the molecule is COc1ccc(Cn2cccc(C(N)=NCc3ccccc3)c2=O)cc1.Cl. The van der Waals surface area contributed by atoms with Crippen LogP contribution in [0.4, 0.5) is 0 Å².